The second kappa shape index (κ2) is 7.35. The van der Waals surface area contributed by atoms with Gasteiger partial charge < -0.3 is 14.5 Å². The average molecular weight is 309 g/mol. The summed E-state index contributed by atoms with van der Waals surface area (Å²) in [7, 11) is 0. The van der Waals surface area contributed by atoms with E-state index in [-0.39, 0.29) is 13.2 Å². The Balaban J connectivity index is 1.71. The first kappa shape index (κ1) is 14.9. The number of nitrogens with one attached hydrogen (secondary N) is 2. The molecule has 0 atom stereocenters. The van der Waals surface area contributed by atoms with Crippen LogP contribution in [0.1, 0.15) is 5.76 Å². The molecular weight excluding hydrogens is 296 g/mol. The van der Waals surface area contributed by atoms with Gasteiger partial charge in [0, 0.05) is 0 Å². The molecule has 0 saturated heterocycles. The molecule has 2 rings (SSSR count). The van der Waals surface area contributed by atoms with Crippen LogP contribution in [0.2, 0.25) is 5.02 Å². The molecule has 0 fully saturated rings. The Morgan fingerprint density at radius 2 is 2.00 bits per heavy atom. The Morgan fingerprint density at radius 1 is 1.19 bits per heavy atom. The maximum Gasteiger partial charge on any atom is 0.321 e. The van der Waals surface area contributed by atoms with Crippen molar-refractivity contribution in [3.05, 3.63) is 53.4 Å². The molecule has 0 unspecified atom stereocenters. The van der Waals surface area contributed by atoms with E-state index in [0.29, 0.717) is 16.5 Å². The number of hydrogen-bond acceptors (Lipinski definition) is 4. The van der Waals surface area contributed by atoms with Crippen LogP contribution in [0.25, 0.3) is 0 Å². The lowest BCUT2D eigenvalue weighted by atomic mass is 10.3. The van der Waals surface area contributed by atoms with E-state index >= 15 is 0 Å². The summed E-state index contributed by atoms with van der Waals surface area (Å²) in [6.07, 6.45) is 1.50. The summed E-state index contributed by atoms with van der Waals surface area (Å²) in [5.74, 6) is 0.391. The molecule has 1 aromatic carbocycles. The molecule has 7 heteroatoms. The van der Waals surface area contributed by atoms with Gasteiger partial charge in [0.15, 0.2) is 6.61 Å². The van der Waals surface area contributed by atoms with Crippen molar-refractivity contribution in [3.63, 3.8) is 0 Å². The highest BCUT2D eigenvalue weighted by atomic mass is 35.5. The second-order valence-electron chi connectivity index (χ2n) is 4.03. The number of amides is 3. The molecule has 0 spiro atoms. The third kappa shape index (κ3) is 4.85. The number of halogens is 1. The molecule has 0 saturated carbocycles. The zero-order chi connectivity index (χ0) is 15.1. The molecule has 21 heavy (non-hydrogen) atoms. The van der Waals surface area contributed by atoms with Crippen molar-refractivity contribution in [2.24, 2.45) is 0 Å². The van der Waals surface area contributed by atoms with Crippen LogP contribution in [0, 0.1) is 0 Å². The minimum atomic E-state index is -0.626. The minimum Gasteiger partial charge on any atom is -0.482 e. The van der Waals surface area contributed by atoms with E-state index in [1.807, 2.05) is 0 Å². The number of urea groups is 1. The van der Waals surface area contributed by atoms with Crippen LogP contribution in [0.4, 0.5) is 4.79 Å². The lowest BCUT2D eigenvalue weighted by Crippen LogP contribution is -2.41. The Bertz CT molecular complexity index is 613. The number of imide groups is 1. The quantitative estimate of drug-likeness (QED) is 0.888. The van der Waals surface area contributed by atoms with Gasteiger partial charge in [-0.1, -0.05) is 23.7 Å². The SMILES string of the molecule is O=C(COc1ccccc1Cl)NC(=O)NCc1ccco1. The van der Waals surface area contributed by atoms with Gasteiger partial charge in [0.1, 0.15) is 11.5 Å². The molecule has 0 aliphatic heterocycles. The van der Waals surface area contributed by atoms with Gasteiger partial charge in [0.25, 0.3) is 5.91 Å². The predicted octanol–water partition coefficient (Wildman–Crippen LogP) is 2.34. The number of benzene rings is 1. The number of hydrogen-bond donors (Lipinski definition) is 2. The van der Waals surface area contributed by atoms with Crippen molar-refractivity contribution >= 4 is 23.5 Å². The summed E-state index contributed by atoms with van der Waals surface area (Å²) in [5.41, 5.74) is 0. The van der Waals surface area contributed by atoms with Crippen molar-refractivity contribution in [2.75, 3.05) is 6.61 Å². The smallest absolute Gasteiger partial charge is 0.321 e. The zero-order valence-corrected chi connectivity index (χ0v) is 11.7. The molecule has 0 aliphatic rings. The average Bonchev–Trinajstić information content (AvgIpc) is 2.97. The molecule has 2 aromatic rings. The lowest BCUT2D eigenvalue weighted by molar-refractivity contribution is -0.122. The van der Waals surface area contributed by atoms with Crippen molar-refractivity contribution in [1.82, 2.24) is 10.6 Å². The van der Waals surface area contributed by atoms with Crippen LogP contribution in [0.5, 0.6) is 5.75 Å². The van der Waals surface area contributed by atoms with Crippen molar-refractivity contribution < 1.29 is 18.7 Å². The molecule has 0 bridgehead atoms. The molecule has 0 radical (unpaired) electrons. The number of furan rings is 1. The van der Waals surface area contributed by atoms with Crippen LogP contribution < -0.4 is 15.4 Å². The zero-order valence-electron chi connectivity index (χ0n) is 11.0. The van der Waals surface area contributed by atoms with Gasteiger partial charge in [-0.05, 0) is 24.3 Å². The third-order valence-electron chi connectivity index (χ3n) is 2.45. The fraction of sp³-hybridized carbons (Fsp3) is 0.143. The van der Waals surface area contributed by atoms with E-state index in [1.165, 1.54) is 6.26 Å². The van der Waals surface area contributed by atoms with E-state index in [4.69, 9.17) is 20.8 Å². The fourth-order valence-electron chi connectivity index (χ4n) is 1.49. The number of ether oxygens (including phenoxy) is 1. The van der Waals surface area contributed by atoms with E-state index in [0.717, 1.165) is 0 Å². The predicted molar refractivity (Wildman–Crippen MR) is 76.0 cm³/mol. The number of para-hydroxylation sites is 1. The van der Waals surface area contributed by atoms with Gasteiger partial charge in [-0.25, -0.2) is 4.79 Å². The monoisotopic (exact) mass is 308 g/mol. The third-order valence-corrected chi connectivity index (χ3v) is 2.76. The standard InChI is InChI=1S/C14H13ClN2O4/c15-11-5-1-2-6-12(11)21-9-13(18)17-14(19)16-8-10-4-3-7-20-10/h1-7H,8-9H2,(H2,16,17,18,19). The first-order valence-electron chi connectivity index (χ1n) is 6.12. The van der Waals surface area contributed by atoms with Crippen LogP contribution in [0.3, 0.4) is 0 Å². The first-order chi connectivity index (χ1) is 10.1. The summed E-state index contributed by atoms with van der Waals surface area (Å²) >= 11 is 5.87. The number of carbonyl (C=O) groups is 2. The summed E-state index contributed by atoms with van der Waals surface area (Å²) in [6, 6.07) is 9.54. The lowest BCUT2D eigenvalue weighted by Gasteiger charge is -2.08. The first-order valence-corrected chi connectivity index (χ1v) is 6.50. The molecular formula is C14H13ClN2O4. The summed E-state index contributed by atoms with van der Waals surface area (Å²) in [4.78, 5) is 23.0. The molecule has 2 N–H and O–H groups in total. The van der Waals surface area contributed by atoms with Crippen LogP contribution in [0.15, 0.2) is 47.1 Å². The van der Waals surface area contributed by atoms with Gasteiger partial charge in [-0.15, -0.1) is 0 Å². The topological polar surface area (TPSA) is 80.6 Å². The van der Waals surface area contributed by atoms with Gasteiger partial charge in [0.05, 0.1) is 17.8 Å². The molecule has 1 heterocycles. The highest BCUT2D eigenvalue weighted by Gasteiger charge is 2.09. The van der Waals surface area contributed by atoms with Crippen molar-refractivity contribution in [3.8, 4) is 5.75 Å². The van der Waals surface area contributed by atoms with Crippen LogP contribution in [-0.4, -0.2) is 18.5 Å². The van der Waals surface area contributed by atoms with Gasteiger partial charge in [0.2, 0.25) is 0 Å². The Morgan fingerprint density at radius 3 is 2.71 bits per heavy atom. The molecule has 6 nitrogen and oxygen atoms in total. The van der Waals surface area contributed by atoms with E-state index < -0.39 is 11.9 Å². The highest BCUT2D eigenvalue weighted by Crippen LogP contribution is 2.22. The van der Waals surface area contributed by atoms with Crippen LogP contribution >= 0.6 is 11.6 Å². The fourth-order valence-corrected chi connectivity index (χ4v) is 1.68. The molecule has 1 aromatic heterocycles. The van der Waals surface area contributed by atoms with E-state index in [2.05, 4.69) is 10.6 Å². The number of carbonyl (C=O) groups excluding carboxylic acids is 2. The molecule has 0 aliphatic carbocycles. The van der Waals surface area contributed by atoms with E-state index in [9.17, 15) is 9.59 Å². The van der Waals surface area contributed by atoms with Gasteiger partial charge >= 0.3 is 6.03 Å². The largest absolute Gasteiger partial charge is 0.482 e. The normalized spacial score (nSPS) is 9.95. The highest BCUT2D eigenvalue weighted by molar-refractivity contribution is 6.32. The second-order valence-corrected chi connectivity index (χ2v) is 4.44. The van der Waals surface area contributed by atoms with Crippen molar-refractivity contribution in [1.29, 1.82) is 0 Å². The Kier molecular flexibility index (Phi) is 5.22. The van der Waals surface area contributed by atoms with Crippen LogP contribution in [-0.2, 0) is 11.3 Å². The van der Waals surface area contributed by atoms with Crippen molar-refractivity contribution in [2.45, 2.75) is 6.54 Å². The maximum atomic E-state index is 11.5. The van der Waals surface area contributed by atoms with Gasteiger partial charge in [-0.2, -0.15) is 0 Å². The minimum absolute atomic E-state index is 0.192. The molecule has 110 valence electrons. The Hall–Kier alpha value is -2.47. The summed E-state index contributed by atoms with van der Waals surface area (Å²) < 4.78 is 10.2. The number of rotatable bonds is 5. The Labute approximate surface area is 126 Å². The summed E-state index contributed by atoms with van der Waals surface area (Å²) in [5, 5.41) is 5.01. The van der Waals surface area contributed by atoms with E-state index in [1.54, 1.807) is 36.4 Å². The maximum absolute atomic E-state index is 11.5. The summed E-state index contributed by atoms with van der Waals surface area (Å²) in [6.45, 7) is -0.116. The van der Waals surface area contributed by atoms with Gasteiger partial charge in [-0.3, -0.25) is 10.1 Å². The molecule has 3 amide bonds.